The fourth-order valence-corrected chi connectivity index (χ4v) is 0.954. The number of ether oxygens (including phenoxy) is 1. The zero-order valence-electron chi connectivity index (χ0n) is 8.15. The highest BCUT2D eigenvalue weighted by atomic mass is 16.5. The molecule has 0 aliphatic carbocycles. The van der Waals surface area contributed by atoms with E-state index in [4.69, 9.17) is 11.3 Å². The van der Waals surface area contributed by atoms with E-state index in [0.29, 0.717) is 11.3 Å². The van der Waals surface area contributed by atoms with Gasteiger partial charge in [-0.2, -0.15) is 0 Å². The van der Waals surface area contributed by atoms with Crippen LogP contribution < -0.4 is 0 Å². The molecule has 3 nitrogen and oxygen atoms in total. The molecule has 0 aliphatic rings. The number of nitrogens with zero attached hydrogens (tertiary/aromatic N) is 1. The Hall–Kier alpha value is -1.82. The first-order chi connectivity index (χ1) is 6.63. The van der Waals surface area contributed by atoms with Crippen LogP contribution in [-0.2, 0) is 4.74 Å². The standard InChI is InChI=1S/C11H11NO2/c1-8(2)14-11(13)9-4-6-10(12-3)7-5-9/h4-8H,1-2H3. The molecule has 0 spiro atoms. The van der Waals surface area contributed by atoms with E-state index >= 15 is 0 Å². The van der Waals surface area contributed by atoms with E-state index in [1.807, 2.05) is 0 Å². The van der Waals surface area contributed by atoms with Gasteiger partial charge in [0.2, 0.25) is 0 Å². The molecule has 1 rings (SSSR count). The third kappa shape index (κ3) is 2.60. The van der Waals surface area contributed by atoms with Crippen molar-refractivity contribution in [3.05, 3.63) is 41.2 Å². The van der Waals surface area contributed by atoms with Crippen LogP contribution in [0, 0.1) is 6.57 Å². The molecule has 0 saturated carbocycles. The second-order valence-electron chi connectivity index (χ2n) is 3.11. The van der Waals surface area contributed by atoms with Crippen LogP contribution in [0.15, 0.2) is 24.3 Å². The normalized spacial score (nSPS) is 9.57. The summed E-state index contributed by atoms with van der Waals surface area (Å²) >= 11 is 0. The number of esters is 1. The van der Waals surface area contributed by atoms with Crippen LogP contribution in [0.4, 0.5) is 5.69 Å². The van der Waals surface area contributed by atoms with E-state index in [1.165, 1.54) is 0 Å². The number of rotatable bonds is 2. The first-order valence-electron chi connectivity index (χ1n) is 4.32. The molecule has 3 heteroatoms. The highest BCUT2D eigenvalue weighted by Gasteiger charge is 2.07. The largest absolute Gasteiger partial charge is 0.459 e. The van der Waals surface area contributed by atoms with Crippen LogP contribution in [0.1, 0.15) is 24.2 Å². The molecule has 0 saturated heterocycles. The highest BCUT2D eigenvalue weighted by molar-refractivity contribution is 5.89. The summed E-state index contributed by atoms with van der Waals surface area (Å²) < 4.78 is 4.99. The maximum Gasteiger partial charge on any atom is 0.338 e. The SMILES string of the molecule is [C-]#[N+]c1ccc(C(=O)OC(C)C)cc1. The first kappa shape index (κ1) is 10.3. The number of benzene rings is 1. The number of hydrogen-bond donors (Lipinski definition) is 0. The van der Waals surface area contributed by atoms with Crippen molar-refractivity contribution in [1.82, 2.24) is 0 Å². The van der Waals surface area contributed by atoms with Gasteiger partial charge in [-0.1, -0.05) is 24.3 Å². The minimum absolute atomic E-state index is 0.122. The predicted octanol–water partition coefficient (Wildman–Crippen LogP) is 2.80. The Morgan fingerprint density at radius 2 is 1.93 bits per heavy atom. The van der Waals surface area contributed by atoms with Crippen molar-refractivity contribution in [1.29, 1.82) is 0 Å². The molecule has 0 bridgehead atoms. The molecule has 0 N–H and O–H groups in total. The van der Waals surface area contributed by atoms with E-state index in [1.54, 1.807) is 38.1 Å². The molecular weight excluding hydrogens is 178 g/mol. The summed E-state index contributed by atoms with van der Waals surface area (Å²) in [6, 6.07) is 6.39. The Kier molecular flexibility index (Phi) is 3.24. The Bertz CT molecular complexity index is 360. The number of carbonyl (C=O) groups excluding carboxylic acids is 1. The maximum absolute atomic E-state index is 11.4. The third-order valence-electron chi connectivity index (χ3n) is 1.57. The van der Waals surface area contributed by atoms with Crippen molar-refractivity contribution in [2.75, 3.05) is 0 Å². The van der Waals surface area contributed by atoms with Gasteiger partial charge in [0, 0.05) is 0 Å². The molecule has 0 unspecified atom stereocenters. The lowest BCUT2D eigenvalue weighted by Gasteiger charge is -2.07. The highest BCUT2D eigenvalue weighted by Crippen LogP contribution is 2.13. The lowest BCUT2D eigenvalue weighted by Crippen LogP contribution is -2.11. The molecule has 1 aromatic rings. The lowest BCUT2D eigenvalue weighted by molar-refractivity contribution is 0.0378. The lowest BCUT2D eigenvalue weighted by atomic mass is 10.2. The zero-order valence-corrected chi connectivity index (χ0v) is 8.15. The van der Waals surface area contributed by atoms with Gasteiger partial charge in [-0.15, -0.1) is 0 Å². The summed E-state index contributed by atoms with van der Waals surface area (Å²) in [5.41, 5.74) is 0.997. The molecule has 0 atom stereocenters. The van der Waals surface area contributed by atoms with Gasteiger partial charge in [-0.25, -0.2) is 9.64 Å². The van der Waals surface area contributed by atoms with Crippen LogP contribution in [0.25, 0.3) is 4.85 Å². The second-order valence-corrected chi connectivity index (χ2v) is 3.11. The van der Waals surface area contributed by atoms with Crippen molar-refractivity contribution in [2.24, 2.45) is 0 Å². The van der Waals surface area contributed by atoms with E-state index in [0.717, 1.165) is 0 Å². The maximum atomic E-state index is 11.4. The van der Waals surface area contributed by atoms with E-state index in [2.05, 4.69) is 4.85 Å². The molecule has 0 fully saturated rings. The topological polar surface area (TPSA) is 30.7 Å². The van der Waals surface area contributed by atoms with Crippen molar-refractivity contribution in [2.45, 2.75) is 20.0 Å². The fraction of sp³-hybridized carbons (Fsp3) is 0.273. The number of hydrogen-bond acceptors (Lipinski definition) is 2. The Labute approximate surface area is 83.1 Å². The van der Waals surface area contributed by atoms with Gasteiger partial charge < -0.3 is 4.74 Å². The average Bonchev–Trinajstić information content (AvgIpc) is 2.17. The van der Waals surface area contributed by atoms with Gasteiger partial charge >= 0.3 is 5.97 Å². The van der Waals surface area contributed by atoms with Gasteiger partial charge in [-0.3, -0.25) is 0 Å². The van der Waals surface area contributed by atoms with Gasteiger partial charge in [0.25, 0.3) is 0 Å². The van der Waals surface area contributed by atoms with Crippen molar-refractivity contribution >= 4 is 11.7 Å². The van der Waals surface area contributed by atoms with Gasteiger partial charge in [0.05, 0.1) is 18.2 Å². The molecule has 0 heterocycles. The third-order valence-corrected chi connectivity index (χ3v) is 1.57. The molecule has 14 heavy (non-hydrogen) atoms. The Morgan fingerprint density at radius 3 is 2.36 bits per heavy atom. The minimum atomic E-state index is -0.350. The summed E-state index contributed by atoms with van der Waals surface area (Å²) in [5, 5.41) is 0. The van der Waals surface area contributed by atoms with Crippen molar-refractivity contribution in [3.63, 3.8) is 0 Å². The zero-order chi connectivity index (χ0) is 10.6. The first-order valence-corrected chi connectivity index (χ1v) is 4.32. The quantitative estimate of drug-likeness (QED) is 0.529. The van der Waals surface area contributed by atoms with Crippen LogP contribution in [0.2, 0.25) is 0 Å². The van der Waals surface area contributed by atoms with Crippen molar-refractivity contribution < 1.29 is 9.53 Å². The van der Waals surface area contributed by atoms with E-state index in [9.17, 15) is 4.79 Å². The second kappa shape index (κ2) is 4.43. The minimum Gasteiger partial charge on any atom is -0.459 e. The molecule has 1 aromatic carbocycles. The Balaban J connectivity index is 2.78. The molecule has 0 aromatic heterocycles. The Morgan fingerprint density at radius 1 is 1.36 bits per heavy atom. The molecule has 72 valence electrons. The summed E-state index contributed by atoms with van der Waals surface area (Å²) in [4.78, 5) is 14.6. The van der Waals surface area contributed by atoms with Gasteiger partial charge in [0.15, 0.2) is 5.69 Å². The average molecular weight is 189 g/mol. The molecule has 0 aliphatic heterocycles. The smallest absolute Gasteiger partial charge is 0.338 e. The molecule has 0 amide bonds. The molecular formula is C11H11NO2. The van der Waals surface area contributed by atoms with Crippen molar-refractivity contribution in [3.8, 4) is 0 Å². The fourth-order valence-electron chi connectivity index (χ4n) is 0.954. The van der Waals surface area contributed by atoms with Gasteiger partial charge in [0.1, 0.15) is 0 Å². The van der Waals surface area contributed by atoms with Crippen LogP contribution in [0.5, 0.6) is 0 Å². The molecule has 0 radical (unpaired) electrons. The monoisotopic (exact) mass is 189 g/mol. The summed E-state index contributed by atoms with van der Waals surface area (Å²) in [7, 11) is 0. The van der Waals surface area contributed by atoms with Crippen LogP contribution >= 0.6 is 0 Å². The number of carbonyl (C=O) groups is 1. The summed E-state index contributed by atoms with van der Waals surface area (Å²) in [6.45, 7) is 10.3. The van der Waals surface area contributed by atoms with Crippen LogP contribution in [0.3, 0.4) is 0 Å². The summed E-state index contributed by atoms with van der Waals surface area (Å²) in [6.07, 6.45) is -0.122. The van der Waals surface area contributed by atoms with E-state index in [-0.39, 0.29) is 12.1 Å². The predicted molar refractivity (Wildman–Crippen MR) is 53.3 cm³/mol. The van der Waals surface area contributed by atoms with Gasteiger partial charge in [-0.05, 0) is 13.8 Å². The van der Waals surface area contributed by atoms with E-state index < -0.39 is 0 Å². The van der Waals surface area contributed by atoms with Crippen LogP contribution in [-0.4, -0.2) is 12.1 Å². The summed E-state index contributed by atoms with van der Waals surface area (Å²) in [5.74, 6) is -0.350.